The second-order valence-electron chi connectivity index (χ2n) is 23.4. The number of carbonyl (C=O) groups is 1. The van der Waals surface area contributed by atoms with Crippen molar-refractivity contribution in [2.24, 2.45) is 11.3 Å². The molecule has 3 aliphatic heterocycles. The summed E-state index contributed by atoms with van der Waals surface area (Å²) in [6.45, 7) is 12.5. The number of benzene rings is 3. The molecular weight excluding hydrogens is 1060 g/mol. The summed E-state index contributed by atoms with van der Waals surface area (Å²) in [7, 11) is -1.68. The number of aromatic amines is 1. The van der Waals surface area contributed by atoms with E-state index in [9.17, 15) is 32.8 Å². The van der Waals surface area contributed by atoms with Crippen LogP contribution >= 0.6 is 0 Å². The molecule has 3 aromatic carbocycles. The number of piperidine rings is 1. The van der Waals surface area contributed by atoms with Crippen molar-refractivity contribution in [1.82, 2.24) is 29.5 Å². The molecule has 2 saturated carbocycles. The normalized spacial score (nSPS) is 21.5. The fourth-order valence-electron chi connectivity index (χ4n) is 13.1. The molecule has 5 aliphatic rings. The second kappa shape index (κ2) is 22.7. The van der Waals surface area contributed by atoms with Crippen LogP contribution in [0.4, 0.5) is 21.6 Å². The van der Waals surface area contributed by atoms with Crippen LogP contribution in [0, 0.1) is 27.3 Å². The minimum Gasteiger partial charge on any atom is -0.493 e. The zero-order valence-electron chi connectivity index (χ0n) is 46.6. The number of anilines is 2. The number of hydrogen-bond acceptors (Lipinski definition) is 16. The van der Waals surface area contributed by atoms with Gasteiger partial charge in [0.15, 0.2) is 17.2 Å². The number of piperazine rings is 1. The number of H-pyrrole nitrogens is 1. The Balaban J connectivity index is 0.803. The van der Waals surface area contributed by atoms with Gasteiger partial charge >= 0.3 is 5.69 Å². The van der Waals surface area contributed by atoms with E-state index in [0.29, 0.717) is 50.8 Å². The predicted octanol–water partition coefficient (Wildman–Crippen LogP) is 10.0. The van der Waals surface area contributed by atoms with Crippen molar-refractivity contribution in [2.45, 2.75) is 120 Å². The highest BCUT2D eigenvalue weighted by Gasteiger charge is 2.50. The minimum atomic E-state index is -4.75. The average Bonchev–Trinajstić information content (AvgIpc) is 3.98. The summed E-state index contributed by atoms with van der Waals surface area (Å²) in [4.78, 5) is 44.1. The molecule has 6 heterocycles. The van der Waals surface area contributed by atoms with Gasteiger partial charge in [-0.05, 0) is 123 Å². The quantitative estimate of drug-likeness (QED) is 0.0492. The monoisotopic (exact) mass is 1130 g/mol. The number of pyridine rings is 2. The highest BCUT2D eigenvalue weighted by molar-refractivity contribution is 7.90. The number of carbonyl (C=O) groups excluding carboxylic acids is 1. The second-order valence-corrected chi connectivity index (χ2v) is 25.1. The van der Waals surface area contributed by atoms with Crippen molar-refractivity contribution in [1.29, 1.82) is 0 Å². The van der Waals surface area contributed by atoms with Crippen LogP contribution in [0.5, 0.6) is 28.9 Å². The molecule has 2 aliphatic carbocycles. The fourth-order valence-corrected chi connectivity index (χ4v) is 14.0. The Kier molecular flexibility index (Phi) is 15.6. The number of nitro groups is 1. The first-order valence-corrected chi connectivity index (χ1v) is 29.7. The molecule has 430 valence electrons. The standard InChI is InChI=1S/C60H72FN9O10S/c1-37(2)43-9-6-7-10-45(43)50-36-67(35-39-12-15-51(77-4)54-44(39)11-8-26-79-54)24-25-69(50)41-30-60(31-41)20-22-68(23-21-60)40-13-14-46(52(27-40)80-53-29-47-48(61)34-64-55(47)65-58(53)78-5)57(71)66-81(75,76)42-28-49(70(73)74)56(63-33-42)62-32-38-16-18-59(3,72)19-17-38/h6-7,9-10,12-15,27-29,33-34,37-38,41,50,72H,8,11,16-26,30-32,35-36H2,1-5H3,(H,62,63)(H,64,65)(H,66,71)/t38?,50-,59?/m0/s1. The van der Waals surface area contributed by atoms with Crippen LogP contribution in [0.25, 0.3) is 11.0 Å². The van der Waals surface area contributed by atoms with E-state index in [0.717, 1.165) is 113 Å². The van der Waals surface area contributed by atoms with E-state index in [2.05, 4.69) is 83.9 Å². The molecule has 81 heavy (non-hydrogen) atoms. The third-order valence-corrected chi connectivity index (χ3v) is 19.0. The molecule has 1 amide bonds. The van der Waals surface area contributed by atoms with Gasteiger partial charge in [0.25, 0.3) is 21.8 Å². The number of aromatic nitrogens is 3. The molecule has 0 bridgehead atoms. The molecule has 0 radical (unpaired) electrons. The smallest absolute Gasteiger partial charge is 0.312 e. The maximum Gasteiger partial charge on any atom is 0.312 e. The minimum absolute atomic E-state index is 0.0159. The molecule has 1 spiro atoms. The highest BCUT2D eigenvalue weighted by Crippen LogP contribution is 2.54. The largest absolute Gasteiger partial charge is 0.493 e. The molecule has 6 aromatic rings. The van der Waals surface area contributed by atoms with Crippen molar-refractivity contribution in [3.8, 4) is 28.9 Å². The Morgan fingerprint density at radius 3 is 2.51 bits per heavy atom. The fraction of sp³-hybridized carbons (Fsp3) is 0.483. The lowest BCUT2D eigenvalue weighted by atomic mass is 9.59. The molecule has 1 atom stereocenters. The number of amides is 1. The molecule has 0 unspecified atom stereocenters. The first-order valence-electron chi connectivity index (χ1n) is 28.2. The van der Waals surface area contributed by atoms with Gasteiger partial charge in [-0.1, -0.05) is 44.2 Å². The lowest BCUT2D eigenvalue weighted by molar-refractivity contribution is -0.384. The van der Waals surface area contributed by atoms with Gasteiger partial charge in [0.2, 0.25) is 5.82 Å². The number of nitrogens with one attached hydrogen (secondary N) is 3. The van der Waals surface area contributed by atoms with E-state index in [1.54, 1.807) is 26.2 Å². The molecule has 21 heteroatoms. The van der Waals surface area contributed by atoms with Crippen molar-refractivity contribution >= 4 is 44.2 Å². The van der Waals surface area contributed by atoms with Crippen LogP contribution in [-0.4, -0.2) is 121 Å². The SMILES string of the molecule is COc1ccc(CN2CCN(C3CC4(CCN(c5ccc(C(=O)NS(=O)(=O)c6cnc(NCC7CCC(C)(O)CC7)c([N+](=O)[O-])c6)c(Oc6cc7c(F)c[nH]c7nc6OC)c5)CC4)C3)[C@H](c3ccccc3C(C)C)C2)c2c1OCCC2. The Hall–Kier alpha value is -7.07. The lowest BCUT2D eigenvalue weighted by Crippen LogP contribution is -2.60. The molecule has 19 nitrogen and oxygen atoms in total. The van der Waals surface area contributed by atoms with Gasteiger partial charge < -0.3 is 39.3 Å². The number of rotatable bonds is 17. The third kappa shape index (κ3) is 11.6. The molecule has 3 aromatic heterocycles. The van der Waals surface area contributed by atoms with Crippen LogP contribution in [0.3, 0.4) is 0 Å². The summed E-state index contributed by atoms with van der Waals surface area (Å²) in [6, 6.07) is 21.0. The molecular formula is C60H72FN9O10S. The van der Waals surface area contributed by atoms with Gasteiger partial charge in [0.1, 0.15) is 22.1 Å². The van der Waals surface area contributed by atoms with Gasteiger partial charge in [-0.3, -0.25) is 24.7 Å². The first-order chi connectivity index (χ1) is 38.9. The third-order valence-electron chi connectivity index (χ3n) is 17.7. The molecule has 11 rings (SSSR count). The summed E-state index contributed by atoms with van der Waals surface area (Å²) < 4.78 is 68.7. The number of nitrogens with zero attached hydrogens (tertiary/aromatic N) is 6. The average molecular weight is 1130 g/mol. The number of fused-ring (bicyclic) bond motifs is 2. The summed E-state index contributed by atoms with van der Waals surface area (Å²) in [5.41, 5.74) is 4.92. The van der Waals surface area contributed by atoms with Gasteiger partial charge in [-0.15, -0.1) is 0 Å². The maximum atomic E-state index is 15.0. The Bertz CT molecular complexity index is 3440. The van der Waals surface area contributed by atoms with E-state index in [-0.39, 0.29) is 57.2 Å². The van der Waals surface area contributed by atoms with Gasteiger partial charge in [-0.25, -0.2) is 22.5 Å². The van der Waals surface area contributed by atoms with E-state index >= 15 is 0 Å². The zero-order valence-corrected chi connectivity index (χ0v) is 47.5. The van der Waals surface area contributed by atoms with Gasteiger partial charge in [0, 0.05) is 93.5 Å². The van der Waals surface area contributed by atoms with Crippen LogP contribution in [0.2, 0.25) is 0 Å². The summed E-state index contributed by atoms with van der Waals surface area (Å²) in [5.74, 6) is 0.302. The van der Waals surface area contributed by atoms with E-state index in [4.69, 9.17) is 18.9 Å². The predicted molar refractivity (Wildman–Crippen MR) is 305 cm³/mol. The van der Waals surface area contributed by atoms with Crippen LogP contribution < -0.4 is 33.9 Å². The highest BCUT2D eigenvalue weighted by atomic mass is 32.2. The van der Waals surface area contributed by atoms with Crippen molar-refractivity contribution in [3.05, 3.63) is 123 Å². The molecule has 2 saturated heterocycles. The molecule has 4 N–H and O–H groups in total. The van der Waals surface area contributed by atoms with Crippen molar-refractivity contribution < 1.29 is 46.6 Å². The van der Waals surface area contributed by atoms with E-state index < -0.39 is 42.9 Å². The summed E-state index contributed by atoms with van der Waals surface area (Å²) in [6.07, 6.45) is 10.7. The van der Waals surface area contributed by atoms with Crippen LogP contribution in [0.15, 0.2) is 84.0 Å². The van der Waals surface area contributed by atoms with E-state index in [1.165, 1.54) is 41.5 Å². The Morgan fingerprint density at radius 1 is 0.988 bits per heavy atom. The number of sulfonamides is 1. The van der Waals surface area contributed by atoms with E-state index in [1.807, 2.05) is 6.07 Å². The number of aliphatic hydroxyl groups is 1. The topological polar surface area (TPSA) is 227 Å². The summed E-state index contributed by atoms with van der Waals surface area (Å²) >= 11 is 0. The van der Waals surface area contributed by atoms with Crippen LogP contribution in [-0.2, 0) is 23.0 Å². The van der Waals surface area contributed by atoms with Crippen molar-refractivity contribution in [3.63, 3.8) is 0 Å². The number of hydrogen-bond donors (Lipinski definition) is 4. The number of halogens is 1. The number of ether oxygens (including phenoxy) is 4. The Morgan fingerprint density at radius 2 is 1.77 bits per heavy atom. The number of methoxy groups -OCH3 is 2. The van der Waals surface area contributed by atoms with Crippen LogP contribution in [0.1, 0.15) is 123 Å². The van der Waals surface area contributed by atoms with Gasteiger partial charge in [-0.2, -0.15) is 4.98 Å². The Labute approximate surface area is 471 Å². The first kappa shape index (κ1) is 55.8. The maximum absolute atomic E-state index is 15.0. The zero-order chi connectivity index (χ0) is 56.8. The van der Waals surface area contributed by atoms with Gasteiger partial charge in [0.05, 0.1) is 48.5 Å². The molecule has 4 fully saturated rings. The van der Waals surface area contributed by atoms with Crippen molar-refractivity contribution in [2.75, 3.05) is 70.3 Å². The lowest BCUT2D eigenvalue weighted by Gasteiger charge is -2.58. The summed E-state index contributed by atoms with van der Waals surface area (Å²) in [5, 5.41) is 25.7.